The van der Waals surface area contributed by atoms with Crippen LogP contribution < -0.4 is 10.4 Å². The first-order valence-electron chi connectivity index (χ1n) is 7.11. The standard InChI is InChI=1S/C16H14ClF3N2O3/c17-13-3-1-2-11(21-13)14(23)12(22-15(24)25)8-9-4-6-10(7-5-9)16(18,19)20/h1-7,12,14,22-23H,8H2,(H,24,25)/p-1. The van der Waals surface area contributed by atoms with Gasteiger partial charge in [-0.1, -0.05) is 29.8 Å². The summed E-state index contributed by atoms with van der Waals surface area (Å²) in [7, 11) is 0. The summed E-state index contributed by atoms with van der Waals surface area (Å²) >= 11 is 5.74. The van der Waals surface area contributed by atoms with Crippen molar-refractivity contribution in [2.45, 2.75) is 24.7 Å². The van der Waals surface area contributed by atoms with Crippen molar-refractivity contribution in [3.8, 4) is 0 Å². The van der Waals surface area contributed by atoms with Gasteiger partial charge in [0.1, 0.15) is 17.4 Å². The lowest BCUT2D eigenvalue weighted by Gasteiger charge is -2.25. The summed E-state index contributed by atoms with van der Waals surface area (Å²) in [6.45, 7) is 0. The fraction of sp³-hybridized carbons (Fsp3) is 0.250. The quantitative estimate of drug-likeness (QED) is 0.788. The van der Waals surface area contributed by atoms with E-state index in [1.165, 1.54) is 30.3 Å². The zero-order valence-electron chi connectivity index (χ0n) is 12.6. The molecule has 0 bridgehead atoms. The summed E-state index contributed by atoms with van der Waals surface area (Å²) in [6, 6.07) is 7.58. The Kier molecular flexibility index (Phi) is 5.86. The maximum absolute atomic E-state index is 12.6. The van der Waals surface area contributed by atoms with E-state index in [-0.39, 0.29) is 17.3 Å². The van der Waals surface area contributed by atoms with Crippen LogP contribution >= 0.6 is 11.6 Å². The molecule has 0 aliphatic carbocycles. The molecule has 1 heterocycles. The van der Waals surface area contributed by atoms with Gasteiger partial charge in [0.25, 0.3) is 0 Å². The van der Waals surface area contributed by atoms with Crippen molar-refractivity contribution in [1.82, 2.24) is 10.3 Å². The molecule has 2 rings (SSSR count). The molecule has 5 nitrogen and oxygen atoms in total. The Morgan fingerprint density at radius 3 is 2.40 bits per heavy atom. The number of nitrogens with zero attached hydrogens (tertiary/aromatic N) is 1. The normalized spacial score (nSPS) is 14.0. The molecule has 0 saturated carbocycles. The SMILES string of the molecule is O=C([O-])NC(Cc1ccc(C(F)(F)F)cc1)C(O)c1cccc(Cl)n1. The second-order valence-corrected chi connectivity index (χ2v) is 5.65. The number of benzene rings is 1. The molecule has 134 valence electrons. The predicted molar refractivity (Wildman–Crippen MR) is 81.7 cm³/mol. The number of halogens is 4. The van der Waals surface area contributed by atoms with Gasteiger partial charge >= 0.3 is 6.18 Å². The van der Waals surface area contributed by atoms with Crippen molar-refractivity contribution in [2.24, 2.45) is 0 Å². The molecule has 0 aliphatic rings. The Labute approximate surface area is 146 Å². The molecule has 2 unspecified atom stereocenters. The van der Waals surface area contributed by atoms with E-state index in [4.69, 9.17) is 11.6 Å². The number of pyridine rings is 1. The number of aromatic nitrogens is 1. The number of rotatable bonds is 5. The van der Waals surface area contributed by atoms with E-state index in [0.717, 1.165) is 12.1 Å². The highest BCUT2D eigenvalue weighted by molar-refractivity contribution is 6.29. The van der Waals surface area contributed by atoms with Gasteiger partial charge in [-0.3, -0.25) is 0 Å². The van der Waals surface area contributed by atoms with Gasteiger partial charge in [0.2, 0.25) is 0 Å². The molecule has 1 amide bonds. The average molecular weight is 374 g/mol. The first-order valence-corrected chi connectivity index (χ1v) is 7.49. The summed E-state index contributed by atoms with van der Waals surface area (Å²) in [5.74, 6) is 0. The third kappa shape index (κ3) is 5.33. The Hall–Kier alpha value is -2.32. The Morgan fingerprint density at radius 2 is 1.88 bits per heavy atom. The molecule has 25 heavy (non-hydrogen) atoms. The van der Waals surface area contributed by atoms with E-state index in [1.54, 1.807) is 0 Å². The van der Waals surface area contributed by atoms with Crippen molar-refractivity contribution in [1.29, 1.82) is 0 Å². The number of alkyl halides is 3. The molecule has 0 spiro atoms. The van der Waals surface area contributed by atoms with Crippen LogP contribution in [0.1, 0.15) is 22.9 Å². The maximum Gasteiger partial charge on any atom is 0.416 e. The van der Waals surface area contributed by atoms with Crippen molar-refractivity contribution in [3.63, 3.8) is 0 Å². The van der Waals surface area contributed by atoms with Gasteiger partial charge < -0.3 is 20.3 Å². The minimum absolute atomic E-state index is 0.0680. The predicted octanol–water partition coefficient (Wildman–Crippen LogP) is 2.33. The second kappa shape index (κ2) is 7.71. The van der Waals surface area contributed by atoms with Crippen molar-refractivity contribution >= 4 is 17.7 Å². The number of hydrogen-bond donors (Lipinski definition) is 2. The molecule has 2 N–H and O–H groups in total. The van der Waals surface area contributed by atoms with Gasteiger partial charge in [0.15, 0.2) is 0 Å². The number of aliphatic hydroxyl groups is 1. The summed E-state index contributed by atoms with van der Waals surface area (Å²) in [6.07, 6.45) is -7.52. The lowest BCUT2D eigenvalue weighted by Crippen LogP contribution is -2.47. The molecule has 0 aliphatic heterocycles. The van der Waals surface area contributed by atoms with Gasteiger partial charge in [0, 0.05) is 0 Å². The summed E-state index contributed by atoms with van der Waals surface area (Å²) in [5.41, 5.74) is -0.302. The number of nitrogens with one attached hydrogen (secondary N) is 1. The Morgan fingerprint density at radius 1 is 1.24 bits per heavy atom. The van der Waals surface area contributed by atoms with Crippen LogP contribution in [0.25, 0.3) is 0 Å². The third-order valence-electron chi connectivity index (χ3n) is 3.46. The smallest absolute Gasteiger partial charge is 0.416 e. The first-order chi connectivity index (χ1) is 11.7. The van der Waals surface area contributed by atoms with Crippen molar-refractivity contribution in [3.05, 3.63) is 64.4 Å². The van der Waals surface area contributed by atoms with Gasteiger partial charge in [-0.25, -0.2) is 4.98 Å². The summed E-state index contributed by atoms with van der Waals surface area (Å²) in [5, 5.41) is 23.4. The van der Waals surface area contributed by atoms with Crippen molar-refractivity contribution < 1.29 is 28.2 Å². The number of carboxylic acid groups (broad SMARTS) is 1. The summed E-state index contributed by atoms with van der Waals surface area (Å²) < 4.78 is 37.7. The molecular weight excluding hydrogens is 361 g/mol. The number of carbonyl (C=O) groups is 1. The maximum atomic E-state index is 12.6. The highest BCUT2D eigenvalue weighted by Gasteiger charge is 2.30. The first kappa shape index (κ1) is 19.0. The van der Waals surface area contributed by atoms with Crippen LogP contribution in [0.3, 0.4) is 0 Å². The monoisotopic (exact) mass is 373 g/mol. The largest absolute Gasteiger partial charge is 0.530 e. The van der Waals surface area contributed by atoms with E-state index in [9.17, 15) is 28.2 Å². The number of amides is 1. The van der Waals surface area contributed by atoms with E-state index in [1.807, 2.05) is 5.32 Å². The number of carbonyl (C=O) groups excluding carboxylic acids is 1. The lowest BCUT2D eigenvalue weighted by atomic mass is 9.98. The highest BCUT2D eigenvalue weighted by Crippen LogP contribution is 2.29. The average Bonchev–Trinajstić information content (AvgIpc) is 2.53. The van der Waals surface area contributed by atoms with Crippen LogP contribution in [0.2, 0.25) is 5.15 Å². The third-order valence-corrected chi connectivity index (χ3v) is 3.67. The van der Waals surface area contributed by atoms with Crippen LogP contribution in [-0.4, -0.2) is 22.2 Å². The second-order valence-electron chi connectivity index (χ2n) is 5.27. The van der Waals surface area contributed by atoms with Gasteiger partial charge in [-0.15, -0.1) is 0 Å². The molecule has 9 heteroatoms. The number of aliphatic hydroxyl groups excluding tert-OH is 1. The lowest BCUT2D eigenvalue weighted by molar-refractivity contribution is -0.252. The van der Waals surface area contributed by atoms with E-state index in [0.29, 0.717) is 5.56 Å². The molecule has 2 aromatic rings. The zero-order valence-corrected chi connectivity index (χ0v) is 13.4. The van der Waals surface area contributed by atoms with Crippen LogP contribution in [0, 0.1) is 0 Å². The van der Waals surface area contributed by atoms with E-state index in [2.05, 4.69) is 4.98 Å². The van der Waals surface area contributed by atoms with Gasteiger partial charge in [-0.2, -0.15) is 13.2 Å². The topological polar surface area (TPSA) is 85.3 Å². The fourth-order valence-electron chi connectivity index (χ4n) is 2.27. The molecule has 0 saturated heterocycles. The zero-order chi connectivity index (χ0) is 18.6. The Balaban J connectivity index is 2.21. The molecule has 0 fully saturated rings. The van der Waals surface area contributed by atoms with E-state index < -0.39 is 30.0 Å². The minimum Gasteiger partial charge on any atom is -0.530 e. The minimum atomic E-state index is -4.47. The van der Waals surface area contributed by atoms with E-state index >= 15 is 0 Å². The Bertz CT molecular complexity index is 738. The van der Waals surface area contributed by atoms with Gasteiger partial charge in [-0.05, 0) is 36.2 Å². The van der Waals surface area contributed by atoms with Gasteiger partial charge in [0.05, 0.1) is 17.3 Å². The molecular formula is C16H13ClF3N2O3-. The summed E-state index contributed by atoms with van der Waals surface area (Å²) in [4.78, 5) is 14.8. The molecule has 1 aromatic heterocycles. The molecule has 0 radical (unpaired) electrons. The molecule has 1 aromatic carbocycles. The van der Waals surface area contributed by atoms with Crippen LogP contribution in [0.15, 0.2) is 42.5 Å². The van der Waals surface area contributed by atoms with Crippen molar-refractivity contribution in [2.75, 3.05) is 0 Å². The molecule has 2 atom stereocenters. The van der Waals surface area contributed by atoms with Crippen LogP contribution in [-0.2, 0) is 12.6 Å². The number of hydrogen-bond acceptors (Lipinski definition) is 4. The fourth-order valence-corrected chi connectivity index (χ4v) is 2.44. The van der Waals surface area contributed by atoms with Crippen LogP contribution in [0.5, 0.6) is 0 Å². The highest BCUT2D eigenvalue weighted by atomic mass is 35.5. The van der Waals surface area contributed by atoms with Crippen LogP contribution in [0.4, 0.5) is 18.0 Å².